The number of ketones is 1. The van der Waals surface area contributed by atoms with Gasteiger partial charge in [-0.3, -0.25) is 4.79 Å². The van der Waals surface area contributed by atoms with Gasteiger partial charge in [0.15, 0.2) is 0 Å². The van der Waals surface area contributed by atoms with Gasteiger partial charge in [-0.15, -0.1) is 11.3 Å². The first-order valence-electron chi connectivity index (χ1n) is 7.08. The Bertz CT molecular complexity index is 859. The molecular formula is C17H13ClN2O2S2. The van der Waals surface area contributed by atoms with Crippen LogP contribution in [-0.4, -0.2) is 11.8 Å². The minimum atomic E-state index is -0.323. The molecule has 0 fully saturated rings. The first-order valence-corrected chi connectivity index (χ1v) is 9.21. The lowest BCUT2D eigenvalue weighted by atomic mass is 10.2. The van der Waals surface area contributed by atoms with E-state index in [0.29, 0.717) is 27.7 Å². The Morgan fingerprint density at radius 1 is 1.12 bits per heavy atom. The third-order valence-electron chi connectivity index (χ3n) is 3.17. The molecule has 4 nitrogen and oxygen atoms in total. The molecule has 0 aliphatic rings. The van der Waals surface area contributed by atoms with Crippen molar-refractivity contribution in [2.45, 2.75) is 6.54 Å². The monoisotopic (exact) mass is 376 g/mol. The highest BCUT2D eigenvalue weighted by Gasteiger charge is 2.12. The van der Waals surface area contributed by atoms with Crippen LogP contribution in [-0.2, 0) is 6.54 Å². The van der Waals surface area contributed by atoms with Gasteiger partial charge in [-0.2, -0.15) is 11.3 Å². The number of anilines is 1. The number of carbonyl (C=O) groups is 2. The van der Waals surface area contributed by atoms with E-state index in [2.05, 4.69) is 10.6 Å². The van der Waals surface area contributed by atoms with E-state index in [1.807, 2.05) is 22.9 Å². The van der Waals surface area contributed by atoms with Gasteiger partial charge in [0.25, 0.3) is 0 Å². The summed E-state index contributed by atoms with van der Waals surface area (Å²) in [6.07, 6.45) is 0. The molecule has 0 radical (unpaired) electrons. The molecule has 2 heterocycles. The molecule has 24 heavy (non-hydrogen) atoms. The first kappa shape index (κ1) is 16.7. The number of thiophene rings is 2. The molecule has 0 saturated heterocycles. The van der Waals surface area contributed by atoms with Crippen LogP contribution in [0.15, 0.2) is 53.2 Å². The molecule has 0 atom stereocenters. The highest BCUT2D eigenvalue weighted by molar-refractivity contribution is 7.14. The number of nitrogens with one attached hydrogen (secondary N) is 2. The maximum atomic E-state index is 12.2. The summed E-state index contributed by atoms with van der Waals surface area (Å²) in [5.41, 5.74) is 1.32. The molecular weight excluding hydrogens is 364 g/mol. The van der Waals surface area contributed by atoms with Crippen LogP contribution >= 0.6 is 34.3 Å². The molecule has 2 N–H and O–H groups in total. The number of halogens is 1. The van der Waals surface area contributed by atoms with Crippen molar-refractivity contribution in [3.63, 3.8) is 0 Å². The van der Waals surface area contributed by atoms with Crippen molar-refractivity contribution in [2.75, 3.05) is 5.32 Å². The second kappa shape index (κ2) is 7.61. The van der Waals surface area contributed by atoms with Crippen LogP contribution in [0.1, 0.15) is 20.1 Å². The molecule has 1 aromatic carbocycles. The van der Waals surface area contributed by atoms with E-state index in [1.165, 1.54) is 22.7 Å². The molecule has 0 saturated carbocycles. The predicted molar refractivity (Wildman–Crippen MR) is 99.4 cm³/mol. The minimum absolute atomic E-state index is 0.0101. The van der Waals surface area contributed by atoms with Crippen LogP contribution in [0.3, 0.4) is 0 Å². The number of hydrogen-bond acceptors (Lipinski definition) is 4. The largest absolute Gasteiger partial charge is 0.333 e. The topological polar surface area (TPSA) is 58.2 Å². The number of carbonyl (C=O) groups excluding carboxylic acids is 2. The van der Waals surface area contributed by atoms with Gasteiger partial charge in [-0.05, 0) is 41.8 Å². The van der Waals surface area contributed by atoms with Gasteiger partial charge in [0.2, 0.25) is 5.78 Å². The lowest BCUT2D eigenvalue weighted by Crippen LogP contribution is -2.27. The van der Waals surface area contributed by atoms with Crippen molar-refractivity contribution in [3.8, 4) is 0 Å². The van der Waals surface area contributed by atoms with Crippen molar-refractivity contribution >= 4 is 51.8 Å². The van der Waals surface area contributed by atoms with Gasteiger partial charge in [0.1, 0.15) is 0 Å². The van der Waals surface area contributed by atoms with Gasteiger partial charge in [-0.25, -0.2) is 4.79 Å². The molecule has 3 rings (SSSR count). The number of urea groups is 1. The molecule has 2 amide bonds. The van der Waals surface area contributed by atoms with E-state index < -0.39 is 0 Å². The summed E-state index contributed by atoms with van der Waals surface area (Å²) in [5.74, 6) is 0.0101. The number of rotatable bonds is 5. The summed E-state index contributed by atoms with van der Waals surface area (Å²) in [4.78, 5) is 25.7. The lowest BCUT2D eigenvalue weighted by molar-refractivity contribution is 0.104. The Morgan fingerprint density at radius 3 is 2.75 bits per heavy atom. The molecule has 0 bridgehead atoms. The SMILES string of the molecule is O=C(NCc1ccc(C(=O)c2ccsc2)s1)Nc1cccc(Cl)c1. The average Bonchev–Trinajstić information content (AvgIpc) is 3.24. The lowest BCUT2D eigenvalue weighted by Gasteiger charge is -2.06. The highest BCUT2D eigenvalue weighted by atomic mass is 35.5. The fraction of sp³-hybridized carbons (Fsp3) is 0.0588. The molecule has 2 aromatic heterocycles. The summed E-state index contributed by atoms with van der Waals surface area (Å²) in [5, 5.41) is 9.74. The standard InChI is InChI=1S/C17H13ClN2O2S2/c18-12-2-1-3-13(8-12)20-17(22)19-9-14-4-5-15(24-14)16(21)11-6-7-23-10-11/h1-8,10H,9H2,(H2,19,20,22). The molecule has 0 aliphatic carbocycles. The summed E-state index contributed by atoms with van der Waals surface area (Å²) in [7, 11) is 0. The number of benzene rings is 1. The Labute approximate surface area is 152 Å². The van der Waals surface area contributed by atoms with Crippen LogP contribution in [0, 0.1) is 0 Å². The minimum Gasteiger partial charge on any atom is -0.333 e. The Morgan fingerprint density at radius 2 is 2.00 bits per heavy atom. The van der Waals surface area contributed by atoms with Crippen LogP contribution in [0.5, 0.6) is 0 Å². The summed E-state index contributed by atoms with van der Waals surface area (Å²) < 4.78 is 0. The maximum absolute atomic E-state index is 12.2. The highest BCUT2D eigenvalue weighted by Crippen LogP contribution is 2.21. The zero-order valence-electron chi connectivity index (χ0n) is 12.4. The summed E-state index contributed by atoms with van der Waals surface area (Å²) in [6.45, 7) is 0.355. The van der Waals surface area contributed by atoms with Gasteiger partial charge in [0.05, 0.1) is 11.4 Å². The van der Waals surface area contributed by atoms with Gasteiger partial charge >= 0.3 is 6.03 Å². The predicted octanol–water partition coefficient (Wildman–Crippen LogP) is 5.02. The zero-order chi connectivity index (χ0) is 16.9. The fourth-order valence-corrected chi connectivity index (χ4v) is 3.78. The quantitative estimate of drug-likeness (QED) is 0.614. The molecule has 122 valence electrons. The summed E-state index contributed by atoms with van der Waals surface area (Å²) >= 11 is 8.75. The third kappa shape index (κ3) is 4.23. The van der Waals surface area contributed by atoms with E-state index in [9.17, 15) is 9.59 Å². The fourth-order valence-electron chi connectivity index (χ4n) is 2.04. The van der Waals surface area contributed by atoms with Crippen LogP contribution < -0.4 is 10.6 Å². The maximum Gasteiger partial charge on any atom is 0.319 e. The number of hydrogen-bond donors (Lipinski definition) is 2. The van der Waals surface area contributed by atoms with E-state index in [-0.39, 0.29) is 11.8 Å². The molecule has 7 heteroatoms. The smallest absolute Gasteiger partial charge is 0.319 e. The van der Waals surface area contributed by atoms with Crippen molar-refractivity contribution < 1.29 is 9.59 Å². The van der Waals surface area contributed by atoms with Crippen molar-refractivity contribution in [1.82, 2.24) is 5.32 Å². The molecule has 0 spiro atoms. The molecule has 0 aliphatic heterocycles. The first-order chi connectivity index (χ1) is 11.6. The third-order valence-corrected chi connectivity index (χ3v) is 5.18. The number of amides is 2. The van der Waals surface area contributed by atoms with E-state index in [1.54, 1.807) is 30.3 Å². The Hall–Kier alpha value is -2.15. The molecule has 0 unspecified atom stereocenters. The summed E-state index contributed by atoms with van der Waals surface area (Å²) in [6, 6.07) is 12.1. The Balaban J connectivity index is 1.55. The average molecular weight is 377 g/mol. The second-order valence-electron chi connectivity index (χ2n) is 4.93. The van der Waals surface area contributed by atoms with Crippen LogP contribution in [0.4, 0.5) is 10.5 Å². The van der Waals surface area contributed by atoms with Gasteiger partial charge in [-0.1, -0.05) is 17.7 Å². The second-order valence-corrected chi connectivity index (χ2v) is 7.31. The van der Waals surface area contributed by atoms with E-state index >= 15 is 0 Å². The van der Waals surface area contributed by atoms with E-state index in [0.717, 1.165) is 4.88 Å². The van der Waals surface area contributed by atoms with Gasteiger partial charge < -0.3 is 10.6 Å². The van der Waals surface area contributed by atoms with Crippen LogP contribution in [0.2, 0.25) is 5.02 Å². The molecule has 3 aromatic rings. The van der Waals surface area contributed by atoms with Crippen molar-refractivity contribution in [3.05, 3.63) is 73.6 Å². The van der Waals surface area contributed by atoms with Crippen molar-refractivity contribution in [1.29, 1.82) is 0 Å². The van der Waals surface area contributed by atoms with Crippen LogP contribution in [0.25, 0.3) is 0 Å². The zero-order valence-corrected chi connectivity index (χ0v) is 14.8. The van der Waals surface area contributed by atoms with E-state index in [4.69, 9.17) is 11.6 Å². The Kier molecular flexibility index (Phi) is 5.30. The van der Waals surface area contributed by atoms with Gasteiger partial charge in [0, 0.05) is 26.5 Å². The van der Waals surface area contributed by atoms with Crippen molar-refractivity contribution in [2.24, 2.45) is 0 Å². The normalized spacial score (nSPS) is 10.4.